The van der Waals surface area contributed by atoms with Crippen LogP contribution in [0.3, 0.4) is 0 Å². The molecule has 29 heavy (non-hydrogen) atoms. The maximum atomic E-state index is 10.4. The number of hydrogen-bond donors (Lipinski definition) is 6. The molecule has 0 saturated carbocycles. The number of nitrogens with zero attached hydrogens (tertiary/aromatic N) is 5. The summed E-state index contributed by atoms with van der Waals surface area (Å²) in [5.74, 6) is 0.940. The van der Waals surface area contributed by atoms with Gasteiger partial charge in [0.25, 0.3) is 0 Å². The lowest BCUT2D eigenvalue weighted by Crippen LogP contribution is -2.54. The number of carbonyl (C=O) groups excluding carboxylic acids is 1. The molecule has 14 heteroatoms. The number of hydrogen-bond acceptors (Lipinski definition) is 12. The summed E-state index contributed by atoms with van der Waals surface area (Å²) in [6.45, 7) is 0.112. The average molecular weight is 428 g/mol. The second-order valence-corrected chi connectivity index (χ2v) is 7.65. The van der Waals surface area contributed by atoms with Crippen molar-refractivity contribution < 1.29 is 24.9 Å². The van der Waals surface area contributed by atoms with Gasteiger partial charge in [-0.2, -0.15) is 0 Å². The normalized spacial score (nSPS) is 35.8. The molecule has 160 valence electrons. The number of nitrogens with two attached hydrogens (primary N) is 1. The lowest BCUT2D eigenvalue weighted by Gasteiger charge is -2.33. The lowest BCUT2D eigenvalue weighted by molar-refractivity contribution is -0.118. The molecule has 4 rings (SSSR count). The van der Waals surface area contributed by atoms with Crippen LogP contribution in [0.5, 0.6) is 0 Å². The summed E-state index contributed by atoms with van der Waals surface area (Å²) in [4.78, 5) is 25.3. The van der Waals surface area contributed by atoms with E-state index in [1.807, 2.05) is 6.26 Å². The lowest BCUT2D eigenvalue weighted by atomic mass is 10.1. The van der Waals surface area contributed by atoms with Gasteiger partial charge in [-0.05, 0) is 6.26 Å². The molecule has 7 N–H and O–H groups in total. The predicted octanol–water partition coefficient (Wildman–Crippen LogP) is -3.46. The van der Waals surface area contributed by atoms with Crippen LogP contribution in [-0.4, -0.2) is 118 Å². The van der Waals surface area contributed by atoms with Gasteiger partial charge in [-0.1, -0.05) is 0 Å². The van der Waals surface area contributed by atoms with Gasteiger partial charge < -0.3 is 30.7 Å². The van der Waals surface area contributed by atoms with E-state index in [1.54, 1.807) is 16.8 Å². The van der Waals surface area contributed by atoms with Crippen LogP contribution >= 0.6 is 11.8 Å². The molecule has 4 aliphatic heterocycles. The van der Waals surface area contributed by atoms with Crippen LogP contribution in [-0.2, 0) is 9.53 Å². The first-order valence-electron chi connectivity index (χ1n) is 8.71. The summed E-state index contributed by atoms with van der Waals surface area (Å²) in [5, 5.41) is 38.5. The van der Waals surface area contributed by atoms with Crippen LogP contribution in [0.2, 0.25) is 0 Å². The van der Waals surface area contributed by atoms with E-state index >= 15 is 0 Å². The highest BCUT2D eigenvalue weighted by atomic mass is 32.2. The summed E-state index contributed by atoms with van der Waals surface area (Å²) in [6.07, 6.45) is -0.774. The van der Waals surface area contributed by atoms with Gasteiger partial charge in [-0.3, -0.25) is 20.4 Å². The van der Waals surface area contributed by atoms with Gasteiger partial charge in [0.2, 0.25) is 10.8 Å². The fraction of sp³-hybridized carbons (Fsp3) is 0.667. The van der Waals surface area contributed by atoms with Gasteiger partial charge in [0, 0.05) is 7.05 Å². The second-order valence-electron chi connectivity index (χ2n) is 6.65. The molecular weight excluding hydrogens is 404 g/mol. The first-order chi connectivity index (χ1) is 13.7. The van der Waals surface area contributed by atoms with Crippen molar-refractivity contribution >= 4 is 41.6 Å². The van der Waals surface area contributed by atoms with E-state index in [1.165, 1.54) is 18.1 Å². The van der Waals surface area contributed by atoms with E-state index in [-0.39, 0.29) is 25.1 Å². The van der Waals surface area contributed by atoms with E-state index in [2.05, 4.69) is 20.3 Å². The van der Waals surface area contributed by atoms with Crippen LogP contribution in [0.4, 0.5) is 0 Å². The Hall–Kier alpha value is -2.26. The van der Waals surface area contributed by atoms with Gasteiger partial charge >= 0.3 is 0 Å². The van der Waals surface area contributed by atoms with Crippen LogP contribution in [0.1, 0.15) is 0 Å². The van der Waals surface area contributed by atoms with Crippen molar-refractivity contribution in [3.63, 3.8) is 0 Å². The molecule has 13 nitrogen and oxygen atoms in total. The zero-order valence-corrected chi connectivity index (χ0v) is 16.7. The predicted molar refractivity (Wildman–Crippen MR) is 107 cm³/mol. The molecule has 1 unspecified atom stereocenters. The first kappa shape index (κ1) is 21.4. The molecule has 2 fully saturated rings. The highest BCUT2D eigenvalue weighted by Gasteiger charge is 2.54. The van der Waals surface area contributed by atoms with Crippen molar-refractivity contribution in [2.24, 2.45) is 20.7 Å². The summed E-state index contributed by atoms with van der Waals surface area (Å²) in [6, 6.07) is 0. The Kier molecular flexibility index (Phi) is 6.09. The third-order valence-corrected chi connectivity index (χ3v) is 5.92. The Morgan fingerprint density at radius 2 is 2.17 bits per heavy atom. The third kappa shape index (κ3) is 3.69. The molecule has 4 aliphatic rings. The van der Waals surface area contributed by atoms with Crippen molar-refractivity contribution in [1.29, 1.82) is 5.41 Å². The van der Waals surface area contributed by atoms with Gasteiger partial charge in [0.1, 0.15) is 30.8 Å². The smallest absolute Gasteiger partial charge is 0.246 e. The number of aliphatic hydroxyl groups excluding tert-OH is 3. The largest absolute Gasteiger partial charge is 0.394 e. The van der Waals surface area contributed by atoms with E-state index < -0.39 is 29.4 Å². The number of guanidine groups is 1. The Morgan fingerprint density at radius 3 is 2.66 bits per heavy atom. The Bertz CT molecular complexity index is 776. The summed E-state index contributed by atoms with van der Waals surface area (Å²) >= 11 is 1.37. The molecule has 5 atom stereocenters. The molecule has 0 radical (unpaired) electrons. The third-order valence-electron chi connectivity index (χ3n) is 4.83. The van der Waals surface area contributed by atoms with Crippen molar-refractivity contribution in [2.45, 2.75) is 29.4 Å². The number of rotatable bonds is 3. The van der Waals surface area contributed by atoms with E-state index in [0.29, 0.717) is 18.2 Å². The van der Waals surface area contributed by atoms with Crippen molar-refractivity contribution in [1.82, 2.24) is 15.1 Å². The van der Waals surface area contributed by atoms with Crippen molar-refractivity contribution in [3.05, 3.63) is 0 Å². The minimum atomic E-state index is -1.19. The Balaban J connectivity index is 0.000000252. The van der Waals surface area contributed by atoms with Crippen LogP contribution < -0.4 is 11.1 Å². The second kappa shape index (κ2) is 8.23. The van der Waals surface area contributed by atoms with Gasteiger partial charge in [0.15, 0.2) is 18.0 Å². The number of amides is 1. The molecular formula is C15H24N8O5S. The van der Waals surface area contributed by atoms with E-state index in [9.17, 15) is 15.0 Å². The zero-order chi connectivity index (χ0) is 21.3. The number of carbonyl (C=O) groups is 1. The first-order valence-corrected chi connectivity index (χ1v) is 9.93. The quantitative estimate of drug-likeness (QED) is 0.265. The highest BCUT2D eigenvalue weighted by molar-refractivity contribution is 8.01. The number of likely N-dealkylation sites (N-methyl/N-ethyl adjacent to an activating group) is 1. The fourth-order valence-corrected chi connectivity index (χ4v) is 3.97. The van der Waals surface area contributed by atoms with Gasteiger partial charge in [0.05, 0.1) is 19.5 Å². The molecule has 0 aromatic heterocycles. The molecule has 0 aromatic rings. The number of aliphatic imine (C=N–C) groups is 3. The molecule has 0 spiro atoms. The van der Waals surface area contributed by atoms with Crippen LogP contribution in [0.25, 0.3) is 0 Å². The van der Waals surface area contributed by atoms with E-state index in [0.717, 1.165) is 0 Å². The Morgan fingerprint density at radius 1 is 1.45 bits per heavy atom. The number of nitrogens with one attached hydrogen (secondary N) is 2. The molecule has 2 saturated heterocycles. The number of ether oxygens (including phenoxy) is 1. The maximum absolute atomic E-state index is 10.4. The molecule has 0 aromatic carbocycles. The molecule has 0 aliphatic carbocycles. The van der Waals surface area contributed by atoms with E-state index in [4.69, 9.17) is 21.0 Å². The van der Waals surface area contributed by atoms with Crippen molar-refractivity contribution in [2.75, 3.05) is 33.1 Å². The number of fused-ring (bicyclic) bond motifs is 1. The Labute approximate surface area is 170 Å². The van der Waals surface area contributed by atoms with Crippen LogP contribution in [0, 0.1) is 5.41 Å². The van der Waals surface area contributed by atoms with Crippen molar-refractivity contribution in [3.8, 4) is 0 Å². The summed E-state index contributed by atoms with van der Waals surface area (Å²) in [7, 11) is 1.69. The van der Waals surface area contributed by atoms with Gasteiger partial charge in [-0.15, -0.1) is 11.8 Å². The molecule has 4 heterocycles. The number of thioether (sulfide) groups is 1. The summed E-state index contributed by atoms with van der Waals surface area (Å²) < 4.78 is 5.51. The van der Waals surface area contributed by atoms with Gasteiger partial charge in [-0.25, -0.2) is 15.0 Å². The SMILES string of the molecule is CN1CC(=O)NC1=N.CSC12N=CN([C@@H]3O[C@H](CO)[C@@H](O)[C@H]3O)C1=NCN=C2N. The number of amidine groups is 2. The standard InChI is InChI=1S/C11H17N5O4S.C4H7N3O/c1-21-11-9(12)13-3-14-10(11)16(4-15-11)8-7(19)6(18)5(2-17)20-8;1-7-2-3(8)6-4(7)5/h4-8,17-19H,2-3H2,1H3,(H2,12,13);2H2,1H3,(H2,5,6,8)/t5-,6-,7-,8-,11?;/m1./s1. The summed E-state index contributed by atoms with van der Waals surface area (Å²) in [5.41, 5.74) is 5.96. The monoisotopic (exact) mass is 428 g/mol. The molecule has 1 amide bonds. The highest BCUT2D eigenvalue weighted by Crippen LogP contribution is 2.37. The zero-order valence-electron chi connectivity index (χ0n) is 15.9. The minimum absolute atomic E-state index is 0.0995. The maximum Gasteiger partial charge on any atom is 0.246 e. The molecule has 0 bridgehead atoms. The minimum Gasteiger partial charge on any atom is -0.394 e. The topological polar surface area (TPSA) is 192 Å². The fourth-order valence-electron chi connectivity index (χ4n) is 3.19. The van der Waals surface area contributed by atoms with Crippen LogP contribution in [0.15, 0.2) is 15.0 Å². The average Bonchev–Trinajstić information content (AvgIpc) is 3.31. The number of aliphatic hydroxyl groups is 3.